The molecule has 3 nitrogen and oxygen atoms in total. The first-order chi connectivity index (χ1) is 8.79. The van der Waals surface area contributed by atoms with Gasteiger partial charge in [-0.1, -0.05) is 12.2 Å². The van der Waals surface area contributed by atoms with Gasteiger partial charge in [-0.05, 0) is 12.0 Å². The fourth-order valence-corrected chi connectivity index (χ4v) is 4.44. The predicted octanol–water partition coefficient (Wildman–Crippen LogP) is 2.91. The summed E-state index contributed by atoms with van der Waals surface area (Å²) in [6.07, 6.45) is 5.40. The summed E-state index contributed by atoms with van der Waals surface area (Å²) in [6, 6.07) is 0. The van der Waals surface area contributed by atoms with Crippen molar-refractivity contribution in [3.05, 3.63) is 33.2 Å². The summed E-state index contributed by atoms with van der Waals surface area (Å²) in [5.74, 6) is 2.71. The van der Waals surface area contributed by atoms with Crippen LogP contribution in [0, 0.1) is 0 Å². The summed E-state index contributed by atoms with van der Waals surface area (Å²) in [5.41, 5.74) is 2.19. The Balaban J connectivity index is 2.09. The van der Waals surface area contributed by atoms with Crippen LogP contribution in [0.3, 0.4) is 0 Å². The molecule has 0 radical (unpaired) electrons. The standard InChI is InChI=1S/C13H13NO2S2/c1-16-12-9-3-2-4-10(15)11(9)18-7-8-5-6-17-13(8)14-12/h2-3H,4-7H2,1H3/b14-12+. The highest BCUT2D eigenvalue weighted by molar-refractivity contribution is 8.05. The lowest BCUT2D eigenvalue weighted by molar-refractivity contribution is -0.114. The Kier molecular flexibility index (Phi) is 3.35. The maximum absolute atomic E-state index is 12.0. The number of hydrogen-bond donors (Lipinski definition) is 0. The van der Waals surface area contributed by atoms with Crippen LogP contribution in [0.25, 0.3) is 0 Å². The quantitative estimate of drug-likeness (QED) is 0.683. The van der Waals surface area contributed by atoms with E-state index in [9.17, 15) is 4.79 Å². The zero-order valence-electron chi connectivity index (χ0n) is 10.1. The van der Waals surface area contributed by atoms with Crippen LogP contribution in [0.2, 0.25) is 0 Å². The fraction of sp³-hybridized carbons (Fsp3) is 0.385. The maximum Gasteiger partial charge on any atom is 0.222 e. The van der Waals surface area contributed by atoms with Gasteiger partial charge >= 0.3 is 0 Å². The number of hydrogen-bond acceptors (Lipinski definition) is 5. The Bertz CT molecular complexity index is 529. The number of nitrogens with zero attached hydrogens (tertiary/aromatic N) is 1. The number of allylic oxidation sites excluding steroid dienone is 2. The van der Waals surface area contributed by atoms with Gasteiger partial charge in [-0.2, -0.15) is 0 Å². The van der Waals surface area contributed by atoms with Crippen LogP contribution >= 0.6 is 23.5 Å². The monoisotopic (exact) mass is 279 g/mol. The topological polar surface area (TPSA) is 38.7 Å². The Morgan fingerprint density at radius 3 is 3.11 bits per heavy atom. The Labute approximate surface area is 114 Å². The van der Waals surface area contributed by atoms with E-state index in [-0.39, 0.29) is 5.78 Å². The van der Waals surface area contributed by atoms with Crippen LogP contribution in [0.4, 0.5) is 0 Å². The lowest BCUT2D eigenvalue weighted by Gasteiger charge is -2.18. The summed E-state index contributed by atoms with van der Waals surface area (Å²) in [4.78, 5) is 17.4. The molecule has 94 valence electrons. The highest BCUT2D eigenvalue weighted by Gasteiger charge is 2.26. The van der Waals surface area contributed by atoms with Gasteiger partial charge in [0.25, 0.3) is 0 Å². The fourth-order valence-electron chi connectivity index (χ4n) is 2.12. The van der Waals surface area contributed by atoms with Gasteiger partial charge < -0.3 is 4.74 Å². The molecule has 1 aliphatic carbocycles. The zero-order chi connectivity index (χ0) is 12.5. The molecule has 0 unspecified atom stereocenters. The molecular weight excluding hydrogens is 266 g/mol. The van der Waals surface area contributed by atoms with Crippen molar-refractivity contribution in [2.24, 2.45) is 4.99 Å². The van der Waals surface area contributed by atoms with Crippen LogP contribution in [0.5, 0.6) is 0 Å². The summed E-state index contributed by atoms with van der Waals surface area (Å²) < 4.78 is 5.38. The Morgan fingerprint density at radius 2 is 2.28 bits per heavy atom. The zero-order valence-corrected chi connectivity index (χ0v) is 11.7. The first kappa shape index (κ1) is 12.1. The van der Waals surface area contributed by atoms with Gasteiger partial charge in [0.15, 0.2) is 5.78 Å². The van der Waals surface area contributed by atoms with E-state index in [1.54, 1.807) is 30.6 Å². The van der Waals surface area contributed by atoms with Gasteiger partial charge in [0.2, 0.25) is 5.90 Å². The van der Waals surface area contributed by atoms with Crippen molar-refractivity contribution in [1.29, 1.82) is 0 Å². The maximum atomic E-state index is 12.0. The minimum atomic E-state index is 0.178. The molecule has 0 saturated carbocycles. The molecule has 2 heterocycles. The lowest BCUT2D eigenvalue weighted by atomic mass is 10.1. The normalized spacial score (nSPS) is 26.3. The molecule has 18 heavy (non-hydrogen) atoms. The number of carbonyl (C=O) groups is 1. The third-order valence-corrected chi connectivity index (χ3v) is 5.34. The number of aliphatic imine (C=N–C) groups is 1. The number of thioether (sulfide) groups is 2. The van der Waals surface area contributed by atoms with Crippen molar-refractivity contribution in [1.82, 2.24) is 0 Å². The molecule has 0 saturated heterocycles. The first-order valence-electron chi connectivity index (χ1n) is 5.84. The molecule has 5 heteroatoms. The minimum absolute atomic E-state index is 0.178. The van der Waals surface area contributed by atoms with Gasteiger partial charge in [0.05, 0.1) is 17.6 Å². The van der Waals surface area contributed by atoms with Crippen molar-refractivity contribution in [2.45, 2.75) is 12.8 Å². The highest BCUT2D eigenvalue weighted by atomic mass is 32.2. The SMILES string of the molecule is CO/C1=N/C2=C(CCS2)CSC2=C1C=CCC2=O. The number of Topliss-reactive ketones (excluding diaryl/α,β-unsaturated/α-hetero) is 1. The molecule has 0 N–H and O–H groups in total. The largest absolute Gasteiger partial charge is 0.481 e. The molecule has 0 fully saturated rings. The average molecular weight is 279 g/mol. The Hall–Kier alpha value is -0.940. The predicted molar refractivity (Wildman–Crippen MR) is 76.8 cm³/mol. The smallest absolute Gasteiger partial charge is 0.222 e. The van der Waals surface area contributed by atoms with E-state index in [1.165, 1.54) is 5.57 Å². The van der Waals surface area contributed by atoms with Gasteiger partial charge in [0.1, 0.15) is 5.03 Å². The third kappa shape index (κ3) is 2.06. The molecule has 0 aromatic rings. The van der Waals surface area contributed by atoms with Crippen molar-refractivity contribution < 1.29 is 9.53 Å². The molecule has 0 bridgehead atoms. The molecule has 2 aliphatic heterocycles. The van der Waals surface area contributed by atoms with E-state index in [4.69, 9.17) is 4.74 Å². The summed E-state index contributed by atoms with van der Waals surface area (Å²) >= 11 is 3.41. The van der Waals surface area contributed by atoms with E-state index < -0.39 is 0 Å². The van der Waals surface area contributed by atoms with E-state index in [0.29, 0.717) is 12.3 Å². The van der Waals surface area contributed by atoms with Crippen molar-refractivity contribution in [2.75, 3.05) is 18.6 Å². The van der Waals surface area contributed by atoms with Gasteiger partial charge in [-0.3, -0.25) is 4.79 Å². The summed E-state index contributed by atoms with van der Waals surface area (Å²) in [7, 11) is 1.61. The molecule has 0 aromatic carbocycles. The van der Waals surface area contributed by atoms with E-state index in [2.05, 4.69) is 4.99 Å². The second-order valence-corrected chi connectivity index (χ2v) is 6.26. The van der Waals surface area contributed by atoms with Crippen LogP contribution < -0.4 is 0 Å². The Morgan fingerprint density at radius 1 is 1.39 bits per heavy atom. The van der Waals surface area contributed by atoms with Crippen molar-refractivity contribution >= 4 is 35.2 Å². The molecular formula is C13H13NO2S2. The highest BCUT2D eigenvalue weighted by Crippen LogP contribution is 2.39. The number of carbonyl (C=O) groups excluding carboxylic acids is 1. The molecule has 0 atom stereocenters. The summed E-state index contributed by atoms with van der Waals surface area (Å²) in [5, 5.41) is 1.08. The van der Waals surface area contributed by atoms with Gasteiger partial charge in [0, 0.05) is 17.9 Å². The van der Waals surface area contributed by atoms with Crippen LogP contribution in [-0.2, 0) is 9.53 Å². The number of ether oxygens (including phenoxy) is 1. The first-order valence-corrected chi connectivity index (χ1v) is 7.81. The van der Waals surface area contributed by atoms with Gasteiger partial charge in [-0.25, -0.2) is 4.99 Å². The molecule has 3 rings (SSSR count). The molecule has 3 aliphatic rings. The van der Waals surface area contributed by atoms with E-state index in [1.807, 2.05) is 12.2 Å². The van der Waals surface area contributed by atoms with Crippen LogP contribution in [0.15, 0.2) is 38.2 Å². The summed E-state index contributed by atoms with van der Waals surface area (Å²) in [6.45, 7) is 0. The number of rotatable bonds is 0. The van der Waals surface area contributed by atoms with E-state index >= 15 is 0 Å². The lowest BCUT2D eigenvalue weighted by Crippen LogP contribution is -2.15. The van der Waals surface area contributed by atoms with E-state index in [0.717, 1.165) is 33.4 Å². The number of ketones is 1. The van der Waals surface area contributed by atoms with Gasteiger partial charge in [-0.15, -0.1) is 23.5 Å². The average Bonchev–Trinajstić information content (AvgIpc) is 2.78. The van der Waals surface area contributed by atoms with Crippen molar-refractivity contribution in [3.8, 4) is 0 Å². The third-order valence-electron chi connectivity index (χ3n) is 3.05. The molecule has 0 aromatic heterocycles. The molecule has 0 spiro atoms. The van der Waals surface area contributed by atoms with Crippen LogP contribution in [0.1, 0.15) is 12.8 Å². The second kappa shape index (κ2) is 4.97. The minimum Gasteiger partial charge on any atom is -0.481 e. The van der Waals surface area contributed by atoms with Crippen LogP contribution in [-0.4, -0.2) is 30.3 Å². The second-order valence-electron chi connectivity index (χ2n) is 4.19. The molecule has 0 amide bonds. The van der Waals surface area contributed by atoms with Crippen molar-refractivity contribution in [3.63, 3.8) is 0 Å². The number of methoxy groups -OCH3 is 1.